The van der Waals surface area contributed by atoms with Gasteiger partial charge in [0.05, 0.1) is 7.11 Å². The number of methoxy groups -OCH3 is 1. The van der Waals surface area contributed by atoms with Gasteiger partial charge >= 0.3 is 0 Å². The van der Waals surface area contributed by atoms with Crippen LogP contribution in [0.25, 0.3) is 10.8 Å². The van der Waals surface area contributed by atoms with E-state index in [0.29, 0.717) is 6.54 Å². The van der Waals surface area contributed by atoms with Gasteiger partial charge in [0, 0.05) is 18.5 Å². The number of benzene rings is 2. The van der Waals surface area contributed by atoms with Crippen LogP contribution in [0.5, 0.6) is 5.75 Å². The summed E-state index contributed by atoms with van der Waals surface area (Å²) in [6.07, 6.45) is 0. The highest BCUT2D eigenvalue weighted by Crippen LogP contribution is 2.29. The van der Waals surface area contributed by atoms with E-state index >= 15 is 0 Å². The topological polar surface area (TPSA) is 38.5 Å². The Morgan fingerprint density at radius 1 is 1.09 bits per heavy atom. The number of nitrogens with two attached hydrogens (primary N) is 1. The second-order valence-corrected chi connectivity index (χ2v) is 6.51. The van der Waals surface area contributed by atoms with Gasteiger partial charge in [0.15, 0.2) is 0 Å². The van der Waals surface area contributed by atoms with Gasteiger partial charge in [-0.2, -0.15) is 0 Å². The Hall–Kier alpha value is -1.29. The monoisotopic (exact) mass is 322 g/mol. The van der Waals surface area contributed by atoms with Crippen LogP contribution in [0.1, 0.15) is 19.4 Å². The zero-order valence-electron chi connectivity index (χ0n) is 13.9. The number of nitrogens with zero attached hydrogens (tertiary/aromatic N) is 1. The van der Waals surface area contributed by atoms with Crippen molar-refractivity contribution in [3.05, 3.63) is 42.0 Å². The van der Waals surface area contributed by atoms with E-state index in [2.05, 4.69) is 62.2 Å². The van der Waals surface area contributed by atoms with Crippen molar-refractivity contribution in [2.75, 3.05) is 27.2 Å². The number of rotatable bonds is 6. The molecule has 0 saturated heterocycles. The molecule has 0 heterocycles. The molecule has 3 nitrogen and oxygen atoms in total. The van der Waals surface area contributed by atoms with E-state index in [-0.39, 0.29) is 17.8 Å². The molecule has 22 heavy (non-hydrogen) atoms. The lowest BCUT2D eigenvalue weighted by Crippen LogP contribution is -2.36. The zero-order chi connectivity index (χ0) is 15.5. The lowest BCUT2D eigenvalue weighted by Gasteiger charge is -2.29. The molecular weight excluding hydrogens is 296 g/mol. The fourth-order valence-electron chi connectivity index (χ4n) is 2.79. The van der Waals surface area contributed by atoms with E-state index in [1.165, 1.54) is 16.3 Å². The fraction of sp³-hybridized carbons (Fsp3) is 0.444. The minimum absolute atomic E-state index is 0. The van der Waals surface area contributed by atoms with E-state index in [4.69, 9.17) is 10.5 Å². The minimum Gasteiger partial charge on any atom is -0.496 e. The Morgan fingerprint density at radius 3 is 2.32 bits per heavy atom. The Kier molecular flexibility index (Phi) is 6.66. The van der Waals surface area contributed by atoms with Crippen LogP contribution in [0, 0.1) is 5.41 Å². The molecule has 2 aromatic carbocycles. The van der Waals surface area contributed by atoms with Gasteiger partial charge in [-0.25, -0.2) is 0 Å². The van der Waals surface area contributed by atoms with Gasteiger partial charge in [-0.15, -0.1) is 12.4 Å². The van der Waals surface area contributed by atoms with Gasteiger partial charge in [-0.3, -0.25) is 0 Å². The lowest BCUT2D eigenvalue weighted by atomic mass is 9.93. The number of fused-ring (bicyclic) bond motifs is 1. The molecule has 2 aromatic rings. The molecule has 0 atom stereocenters. The van der Waals surface area contributed by atoms with Crippen molar-refractivity contribution >= 4 is 23.2 Å². The number of hydrogen-bond acceptors (Lipinski definition) is 3. The average Bonchev–Trinajstić information content (AvgIpc) is 2.47. The van der Waals surface area contributed by atoms with Gasteiger partial charge in [0.25, 0.3) is 0 Å². The van der Waals surface area contributed by atoms with Gasteiger partial charge < -0.3 is 15.4 Å². The molecule has 2 N–H and O–H groups in total. The first-order valence-electron chi connectivity index (χ1n) is 7.40. The van der Waals surface area contributed by atoms with Crippen LogP contribution < -0.4 is 10.5 Å². The molecule has 4 heteroatoms. The van der Waals surface area contributed by atoms with E-state index in [9.17, 15) is 0 Å². The van der Waals surface area contributed by atoms with Crippen molar-refractivity contribution in [1.29, 1.82) is 0 Å². The molecule has 0 aromatic heterocycles. The van der Waals surface area contributed by atoms with Crippen LogP contribution in [0.3, 0.4) is 0 Å². The molecule has 0 spiro atoms. The standard InChI is InChI=1S/C18H26N2O.ClH/c1-18(2,12-19)13-20(3)11-14-9-10-17(21-4)16-8-6-5-7-15(14)16;/h5-10H,11-13,19H2,1-4H3;1H. The molecule has 0 fully saturated rings. The molecule has 0 radical (unpaired) electrons. The van der Waals surface area contributed by atoms with Crippen molar-refractivity contribution in [2.24, 2.45) is 11.1 Å². The maximum absolute atomic E-state index is 5.83. The van der Waals surface area contributed by atoms with Crippen LogP contribution in [-0.4, -0.2) is 32.1 Å². The SMILES string of the molecule is COc1ccc(CN(C)CC(C)(C)CN)c2ccccc12.Cl. The Labute approximate surface area is 139 Å². The van der Waals surface area contributed by atoms with E-state index in [0.717, 1.165) is 18.8 Å². The summed E-state index contributed by atoms with van der Waals surface area (Å²) in [5.41, 5.74) is 7.29. The number of hydrogen-bond donors (Lipinski definition) is 1. The molecule has 2 rings (SSSR count). The highest BCUT2D eigenvalue weighted by molar-refractivity contribution is 5.91. The molecule has 0 aliphatic carbocycles. The second-order valence-electron chi connectivity index (χ2n) is 6.51. The molecule has 0 aliphatic rings. The predicted molar refractivity (Wildman–Crippen MR) is 96.9 cm³/mol. The summed E-state index contributed by atoms with van der Waals surface area (Å²) < 4.78 is 5.46. The first-order valence-corrected chi connectivity index (χ1v) is 7.40. The van der Waals surface area contributed by atoms with E-state index in [1.54, 1.807) is 7.11 Å². The smallest absolute Gasteiger partial charge is 0.126 e. The van der Waals surface area contributed by atoms with Crippen molar-refractivity contribution in [3.63, 3.8) is 0 Å². The van der Waals surface area contributed by atoms with Gasteiger partial charge in [0.2, 0.25) is 0 Å². The molecule has 0 aliphatic heterocycles. The summed E-state index contributed by atoms with van der Waals surface area (Å²) in [6.45, 7) is 6.99. The van der Waals surface area contributed by atoms with Crippen molar-refractivity contribution < 1.29 is 4.74 Å². The quantitative estimate of drug-likeness (QED) is 0.881. The molecule has 122 valence electrons. The third kappa shape index (κ3) is 4.35. The third-order valence-corrected chi connectivity index (χ3v) is 3.89. The maximum Gasteiger partial charge on any atom is 0.126 e. The Bertz CT molecular complexity index is 613. The molecule has 0 saturated carbocycles. The normalized spacial score (nSPS) is 11.5. The van der Waals surface area contributed by atoms with Crippen LogP contribution in [0.4, 0.5) is 0 Å². The Balaban J connectivity index is 0.00000242. The maximum atomic E-state index is 5.83. The van der Waals surface area contributed by atoms with Gasteiger partial charge in [-0.05, 0) is 36.0 Å². The molecule has 0 amide bonds. The Morgan fingerprint density at radius 2 is 1.73 bits per heavy atom. The predicted octanol–water partition coefficient (Wildman–Crippen LogP) is 3.69. The molecule has 0 unspecified atom stereocenters. The summed E-state index contributed by atoms with van der Waals surface area (Å²) in [7, 11) is 3.87. The highest BCUT2D eigenvalue weighted by Gasteiger charge is 2.18. The third-order valence-electron chi connectivity index (χ3n) is 3.89. The second kappa shape index (κ2) is 7.82. The highest BCUT2D eigenvalue weighted by atomic mass is 35.5. The number of ether oxygens (including phenoxy) is 1. The first-order chi connectivity index (χ1) is 9.96. The summed E-state index contributed by atoms with van der Waals surface area (Å²) >= 11 is 0. The van der Waals surface area contributed by atoms with Crippen molar-refractivity contribution in [3.8, 4) is 5.75 Å². The van der Waals surface area contributed by atoms with Crippen LogP contribution in [0.15, 0.2) is 36.4 Å². The van der Waals surface area contributed by atoms with Crippen LogP contribution in [-0.2, 0) is 6.54 Å². The van der Waals surface area contributed by atoms with E-state index in [1.807, 2.05) is 0 Å². The first kappa shape index (κ1) is 18.8. The molecule has 0 bridgehead atoms. The largest absolute Gasteiger partial charge is 0.496 e. The van der Waals surface area contributed by atoms with E-state index < -0.39 is 0 Å². The summed E-state index contributed by atoms with van der Waals surface area (Å²) in [4.78, 5) is 2.33. The summed E-state index contributed by atoms with van der Waals surface area (Å²) in [5.74, 6) is 0.930. The summed E-state index contributed by atoms with van der Waals surface area (Å²) in [6, 6.07) is 12.6. The lowest BCUT2D eigenvalue weighted by molar-refractivity contribution is 0.210. The average molecular weight is 323 g/mol. The molecular formula is C18H27ClN2O. The summed E-state index contributed by atoms with van der Waals surface area (Å²) in [5, 5.41) is 2.43. The van der Waals surface area contributed by atoms with Gasteiger partial charge in [0.1, 0.15) is 5.75 Å². The van der Waals surface area contributed by atoms with Crippen molar-refractivity contribution in [2.45, 2.75) is 20.4 Å². The zero-order valence-corrected chi connectivity index (χ0v) is 14.7. The van der Waals surface area contributed by atoms with Crippen LogP contribution >= 0.6 is 12.4 Å². The number of halogens is 1. The minimum atomic E-state index is 0. The van der Waals surface area contributed by atoms with Crippen molar-refractivity contribution in [1.82, 2.24) is 4.90 Å². The van der Waals surface area contributed by atoms with Crippen LogP contribution in [0.2, 0.25) is 0 Å². The van der Waals surface area contributed by atoms with Gasteiger partial charge in [-0.1, -0.05) is 44.2 Å². The fourth-order valence-corrected chi connectivity index (χ4v) is 2.79.